The highest BCUT2D eigenvalue weighted by Gasteiger charge is 2.08. The Bertz CT molecular complexity index is 335. The van der Waals surface area contributed by atoms with E-state index in [2.05, 4.69) is 10.6 Å². The van der Waals surface area contributed by atoms with Crippen LogP contribution in [0.2, 0.25) is 0 Å². The number of hydrogen-bond acceptors (Lipinski definition) is 4. The molecule has 0 aliphatic carbocycles. The summed E-state index contributed by atoms with van der Waals surface area (Å²) in [6.07, 6.45) is 1.58. The molecule has 16 heavy (non-hydrogen) atoms. The van der Waals surface area contributed by atoms with Crippen LogP contribution in [0.25, 0.3) is 0 Å². The van der Waals surface area contributed by atoms with Crippen molar-refractivity contribution in [1.82, 2.24) is 10.6 Å². The first-order valence-corrected chi connectivity index (χ1v) is 4.93. The van der Waals surface area contributed by atoms with Crippen molar-refractivity contribution in [2.24, 2.45) is 0 Å². The maximum absolute atomic E-state index is 11.3. The van der Waals surface area contributed by atoms with E-state index in [9.17, 15) is 9.59 Å². The molecule has 1 heterocycles. The van der Waals surface area contributed by atoms with Crippen molar-refractivity contribution in [3.8, 4) is 0 Å². The molecule has 1 aromatic heterocycles. The van der Waals surface area contributed by atoms with Gasteiger partial charge >= 0.3 is 0 Å². The third kappa shape index (κ3) is 4.14. The van der Waals surface area contributed by atoms with E-state index in [1.165, 1.54) is 6.26 Å². The van der Waals surface area contributed by atoms with Crippen LogP contribution in [-0.2, 0) is 4.79 Å². The maximum Gasteiger partial charge on any atom is 0.286 e. The summed E-state index contributed by atoms with van der Waals surface area (Å²) in [5.41, 5.74) is 0. The molecule has 0 spiro atoms. The number of carbonyl (C=O) groups excluding carboxylic acids is 2. The fourth-order valence-corrected chi connectivity index (χ4v) is 1.07. The summed E-state index contributed by atoms with van der Waals surface area (Å²) in [6, 6.07) is 3.16. The van der Waals surface area contributed by atoms with Crippen LogP contribution in [0.5, 0.6) is 0 Å². The topological polar surface area (TPSA) is 91.6 Å². The molecule has 0 aromatic carbocycles. The third-order valence-corrected chi connectivity index (χ3v) is 1.82. The SMILES string of the molecule is O=C(CCNC(=O)c1ccco1)NCCO. The molecule has 0 saturated carbocycles. The standard InChI is InChI=1S/C10H14N2O4/c13-6-5-11-9(14)3-4-12-10(15)8-2-1-7-16-8/h1-2,7,13H,3-6H2,(H,11,14)(H,12,15). The molecule has 0 fully saturated rings. The number of nitrogens with one attached hydrogen (secondary N) is 2. The Hall–Kier alpha value is -1.82. The van der Waals surface area contributed by atoms with Crippen molar-refractivity contribution in [3.63, 3.8) is 0 Å². The first kappa shape index (κ1) is 12.3. The van der Waals surface area contributed by atoms with Crippen molar-refractivity contribution < 1.29 is 19.1 Å². The number of amides is 2. The summed E-state index contributed by atoms with van der Waals surface area (Å²) in [6.45, 7) is 0.367. The largest absolute Gasteiger partial charge is 0.459 e. The zero-order valence-corrected chi connectivity index (χ0v) is 8.73. The van der Waals surface area contributed by atoms with Gasteiger partial charge in [-0.2, -0.15) is 0 Å². The minimum absolute atomic E-state index is 0.0928. The van der Waals surface area contributed by atoms with Crippen molar-refractivity contribution in [2.45, 2.75) is 6.42 Å². The fourth-order valence-electron chi connectivity index (χ4n) is 1.07. The second-order valence-electron chi connectivity index (χ2n) is 3.06. The molecule has 0 unspecified atom stereocenters. The fraction of sp³-hybridized carbons (Fsp3) is 0.400. The predicted octanol–water partition coefficient (Wildman–Crippen LogP) is -0.492. The summed E-state index contributed by atoms with van der Waals surface area (Å²) in [4.78, 5) is 22.4. The first-order chi connectivity index (χ1) is 7.74. The minimum Gasteiger partial charge on any atom is -0.459 e. The Morgan fingerprint density at radius 3 is 2.75 bits per heavy atom. The normalized spacial score (nSPS) is 9.81. The minimum atomic E-state index is -0.347. The molecule has 6 heteroatoms. The van der Waals surface area contributed by atoms with Crippen LogP contribution in [0.4, 0.5) is 0 Å². The van der Waals surface area contributed by atoms with Gasteiger partial charge in [0.2, 0.25) is 5.91 Å². The van der Waals surface area contributed by atoms with Crippen LogP contribution in [0.15, 0.2) is 22.8 Å². The van der Waals surface area contributed by atoms with Gasteiger partial charge in [-0.05, 0) is 12.1 Å². The molecular formula is C10H14N2O4. The van der Waals surface area contributed by atoms with Crippen molar-refractivity contribution in [2.75, 3.05) is 19.7 Å². The van der Waals surface area contributed by atoms with E-state index in [1.54, 1.807) is 12.1 Å². The van der Waals surface area contributed by atoms with Gasteiger partial charge in [-0.3, -0.25) is 9.59 Å². The zero-order valence-electron chi connectivity index (χ0n) is 8.73. The molecule has 1 aromatic rings. The number of carbonyl (C=O) groups is 2. The molecule has 0 aliphatic rings. The van der Waals surface area contributed by atoms with Crippen LogP contribution in [0.1, 0.15) is 17.0 Å². The zero-order chi connectivity index (χ0) is 11.8. The molecule has 0 aliphatic heterocycles. The van der Waals surface area contributed by atoms with E-state index < -0.39 is 0 Å². The highest BCUT2D eigenvalue weighted by Crippen LogP contribution is 1.98. The smallest absolute Gasteiger partial charge is 0.286 e. The molecule has 0 bridgehead atoms. The van der Waals surface area contributed by atoms with Gasteiger partial charge in [-0.15, -0.1) is 0 Å². The number of hydrogen-bond donors (Lipinski definition) is 3. The lowest BCUT2D eigenvalue weighted by Gasteiger charge is -2.04. The van der Waals surface area contributed by atoms with Gasteiger partial charge in [0.1, 0.15) is 0 Å². The molecule has 3 N–H and O–H groups in total. The summed E-state index contributed by atoms with van der Waals surface area (Å²) >= 11 is 0. The average molecular weight is 226 g/mol. The van der Waals surface area contributed by atoms with Crippen molar-refractivity contribution >= 4 is 11.8 Å². The van der Waals surface area contributed by atoms with Crippen LogP contribution in [0, 0.1) is 0 Å². The lowest BCUT2D eigenvalue weighted by atomic mass is 10.3. The van der Waals surface area contributed by atoms with E-state index in [1.807, 2.05) is 0 Å². The average Bonchev–Trinajstić information content (AvgIpc) is 2.79. The van der Waals surface area contributed by atoms with Crippen LogP contribution < -0.4 is 10.6 Å². The Labute approximate surface area is 92.6 Å². The maximum atomic E-state index is 11.3. The van der Waals surface area contributed by atoms with Gasteiger partial charge in [0, 0.05) is 19.5 Å². The van der Waals surface area contributed by atoms with Gasteiger partial charge in [0.05, 0.1) is 12.9 Å². The number of aliphatic hydroxyl groups excluding tert-OH is 1. The van der Waals surface area contributed by atoms with Gasteiger partial charge in [-0.1, -0.05) is 0 Å². The summed E-state index contributed by atoms with van der Waals surface area (Å²) in [7, 11) is 0. The summed E-state index contributed by atoms with van der Waals surface area (Å²) < 4.78 is 4.87. The second-order valence-corrected chi connectivity index (χ2v) is 3.06. The first-order valence-electron chi connectivity index (χ1n) is 4.93. The molecule has 2 amide bonds. The molecule has 1 rings (SSSR count). The Morgan fingerprint density at radius 1 is 1.31 bits per heavy atom. The van der Waals surface area contributed by atoms with E-state index in [0.717, 1.165) is 0 Å². The van der Waals surface area contributed by atoms with Gasteiger partial charge in [0.15, 0.2) is 5.76 Å². The number of rotatable bonds is 6. The highest BCUT2D eigenvalue weighted by atomic mass is 16.3. The van der Waals surface area contributed by atoms with Crippen LogP contribution in [-0.4, -0.2) is 36.6 Å². The second kappa shape index (κ2) is 6.62. The molecular weight excluding hydrogens is 212 g/mol. The Kier molecular flexibility index (Phi) is 5.07. The summed E-state index contributed by atoms with van der Waals surface area (Å²) in [5, 5.41) is 13.5. The van der Waals surface area contributed by atoms with E-state index in [-0.39, 0.29) is 43.7 Å². The quantitative estimate of drug-likeness (QED) is 0.610. The lowest BCUT2D eigenvalue weighted by Crippen LogP contribution is -2.31. The monoisotopic (exact) mass is 226 g/mol. The van der Waals surface area contributed by atoms with Gasteiger partial charge in [-0.25, -0.2) is 0 Å². The Balaban J connectivity index is 2.16. The van der Waals surface area contributed by atoms with E-state index >= 15 is 0 Å². The van der Waals surface area contributed by atoms with E-state index in [0.29, 0.717) is 0 Å². The molecule has 0 saturated heterocycles. The molecule has 0 atom stereocenters. The van der Waals surface area contributed by atoms with Crippen LogP contribution in [0.3, 0.4) is 0 Å². The molecule has 0 radical (unpaired) electrons. The van der Waals surface area contributed by atoms with Crippen molar-refractivity contribution in [3.05, 3.63) is 24.2 Å². The predicted molar refractivity (Wildman–Crippen MR) is 55.8 cm³/mol. The third-order valence-electron chi connectivity index (χ3n) is 1.82. The lowest BCUT2D eigenvalue weighted by molar-refractivity contribution is -0.121. The van der Waals surface area contributed by atoms with Gasteiger partial charge < -0.3 is 20.2 Å². The van der Waals surface area contributed by atoms with Crippen molar-refractivity contribution in [1.29, 1.82) is 0 Å². The number of aliphatic hydroxyl groups is 1. The van der Waals surface area contributed by atoms with Gasteiger partial charge in [0.25, 0.3) is 5.91 Å². The Morgan fingerprint density at radius 2 is 2.12 bits per heavy atom. The highest BCUT2D eigenvalue weighted by molar-refractivity contribution is 5.91. The number of furan rings is 1. The van der Waals surface area contributed by atoms with Crippen LogP contribution >= 0.6 is 0 Å². The molecule has 6 nitrogen and oxygen atoms in total. The molecule has 88 valence electrons. The summed E-state index contributed by atoms with van der Waals surface area (Å²) in [5.74, 6) is -0.343. The van der Waals surface area contributed by atoms with E-state index in [4.69, 9.17) is 9.52 Å².